The molecule has 2 rings (SSSR count). The highest BCUT2D eigenvalue weighted by molar-refractivity contribution is 6.30. The molecule has 0 aliphatic carbocycles. The number of nitrogens with zero attached hydrogens (tertiary/aromatic N) is 3. The van der Waals surface area contributed by atoms with Crippen LogP contribution in [0.5, 0.6) is 5.88 Å². The quantitative estimate of drug-likeness (QED) is 0.794. The molecule has 19 heavy (non-hydrogen) atoms. The Morgan fingerprint density at radius 1 is 1.42 bits per heavy atom. The third-order valence-electron chi connectivity index (χ3n) is 3.15. The predicted octanol–water partition coefficient (Wildman–Crippen LogP) is 1.78. The lowest BCUT2D eigenvalue weighted by molar-refractivity contribution is -0.132. The number of ether oxygens (including phenoxy) is 1. The number of amides is 1. The molecule has 1 aliphatic heterocycles. The molecule has 2 heterocycles. The fourth-order valence-electron chi connectivity index (χ4n) is 2.07. The number of carbonyl (C=O) groups is 1. The van der Waals surface area contributed by atoms with Crippen molar-refractivity contribution in [3.63, 3.8) is 0 Å². The van der Waals surface area contributed by atoms with Gasteiger partial charge in [-0.25, -0.2) is 0 Å². The molecule has 6 heteroatoms. The van der Waals surface area contributed by atoms with Crippen LogP contribution in [0.3, 0.4) is 0 Å². The number of likely N-dealkylation sites (tertiary alicyclic amines) is 1. The van der Waals surface area contributed by atoms with Gasteiger partial charge in [-0.15, -0.1) is 16.7 Å². The van der Waals surface area contributed by atoms with Gasteiger partial charge in [-0.3, -0.25) is 4.79 Å². The van der Waals surface area contributed by atoms with Crippen molar-refractivity contribution in [1.82, 2.24) is 15.1 Å². The highest BCUT2D eigenvalue weighted by Gasteiger charge is 2.26. The molecule has 1 fully saturated rings. The fourth-order valence-corrected chi connectivity index (χ4v) is 2.20. The van der Waals surface area contributed by atoms with Crippen LogP contribution >= 0.6 is 11.6 Å². The number of hydrogen-bond acceptors (Lipinski definition) is 4. The molecular formula is C13H18ClN3O2. The van der Waals surface area contributed by atoms with E-state index in [0.717, 1.165) is 18.5 Å². The number of aryl methyl sites for hydroxylation is 1. The monoisotopic (exact) mass is 283 g/mol. The van der Waals surface area contributed by atoms with E-state index in [2.05, 4.69) is 10.2 Å². The first-order chi connectivity index (χ1) is 9.06. The normalized spacial score (nSPS) is 18.2. The number of halogens is 1. The van der Waals surface area contributed by atoms with Crippen molar-refractivity contribution < 1.29 is 9.53 Å². The molecule has 5 nitrogen and oxygen atoms in total. The number of carbonyl (C=O) groups excluding carboxylic acids is 1. The largest absolute Gasteiger partial charge is 0.473 e. The first-order valence-corrected chi connectivity index (χ1v) is 6.90. The van der Waals surface area contributed by atoms with E-state index in [1.165, 1.54) is 0 Å². The summed E-state index contributed by atoms with van der Waals surface area (Å²) in [6.07, 6.45) is 1.68. The SMILES string of the molecule is Cc1ccc(OC2CCN(C(=O)C(C)Cl)CC2)nn1. The third-order valence-corrected chi connectivity index (χ3v) is 3.34. The van der Waals surface area contributed by atoms with Gasteiger partial charge < -0.3 is 9.64 Å². The van der Waals surface area contributed by atoms with Gasteiger partial charge in [0.1, 0.15) is 11.5 Å². The summed E-state index contributed by atoms with van der Waals surface area (Å²) in [7, 11) is 0. The molecule has 1 amide bonds. The topological polar surface area (TPSA) is 55.3 Å². The maximum Gasteiger partial charge on any atom is 0.240 e. The van der Waals surface area contributed by atoms with Gasteiger partial charge in [0.2, 0.25) is 11.8 Å². The first kappa shape index (κ1) is 14.1. The fraction of sp³-hybridized carbons (Fsp3) is 0.615. The number of alkyl halides is 1. The molecule has 104 valence electrons. The van der Waals surface area contributed by atoms with Crippen molar-refractivity contribution in [3.8, 4) is 5.88 Å². The van der Waals surface area contributed by atoms with E-state index in [0.29, 0.717) is 19.0 Å². The van der Waals surface area contributed by atoms with Crippen LogP contribution in [0.4, 0.5) is 0 Å². The van der Waals surface area contributed by atoms with Crippen molar-refractivity contribution in [3.05, 3.63) is 17.8 Å². The maximum atomic E-state index is 11.7. The summed E-state index contributed by atoms with van der Waals surface area (Å²) in [6.45, 7) is 4.95. The molecule has 1 saturated heterocycles. The van der Waals surface area contributed by atoms with E-state index in [9.17, 15) is 4.79 Å². The lowest BCUT2D eigenvalue weighted by atomic mass is 10.1. The van der Waals surface area contributed by atoms with Gasteiger partial charge in [0.05, 0.1) is 5.69 Å². The summed E-state index contributed by atoms with van der Waals surface area (Å²) in [4.78, 5) is 13.5. The van der Waals surface area contributed by atoms with Gasteiger partial charge in [-0.2, -0.15) is 5.10 Å². The Morgan fingerprint density at radius 2 is 2.11 bits per heavy atom. The van der Waals surface area contributed by atoms with Crippen molar-refractivity contribution in [2.45, 2.75) is 38.2 Å². The minimum Gasteiger partial charge on any atom is -0.473 e. The smallest absolute Gasteiger partial charge is 0.240 e. The van der Waals surface area contributed by atoms with E-state index in [1.54, 1.807) is 11.8 Å². The van der Waals surface area contributed by atoms with E-state index >= 15 is 0 Å². The Hall–Kier alpha value is -1.36. The lowest BCUT2D eigenvalue weighted by Crippen LogP contribution is -2.44. The van der Waals surface area contributed by atoms with Crippen LogP contribution in [0.1, 0.15) is 25.5 Å². The maximum absolute atomic E-state index is 11.7. The Balaban J connectivity index is 1.83. The van der Waals surface area contributed by atoms with Crippen LogP contribution < -0.4 is 4.74 Å². The van der Waals surface area contributed by atoms with Gasteiger partial charge in [0.15, 0.2) is 0 Å². The van der Waals surface area contributed by atoms with Crippen molar-refractivity contribution in [2.24, 2.45) is 0 Å². The molecule has 1 aromatic rings. The minimum absolute atomic E-state index is 0.00440. The van der Waals surface area contributed by atoms with Crippen LogP contribution in [-0.2, 0) is 4.79 Å². The summed E-state index contributed by atoms with van der Waals surface area (Å²) in [5.41, 5.74) is 0.865. The van der Waals surface area contributed by atoms with E-state index in [-0.39, 0.29) is 12.0 Å². The van der Waals surface area contributed by atoms with Gasteiger partial charge >= 0.3 is 0 Å². The zero-order chi connectivity index (χ0) is 13.8. The number of rotatable bonds is 3. The summed E-state index contributed by atoms with van der Waals surface area (Å²) in [6, 6.07) is 3.69. The van der Waals surface area contributed by atoms with E-state index in [4.69, 9.17) is 16.3 Å². The summed E-state index contributed by atoms with van der Waals surface area (Å²) in [5, 5.41) is 7.48. The van der Waals surface area contributed by atoms with Crippen molar-refractivity contribution >= 4 is 17.5 Å². The Morgan fingerprint density at radius 3 is 2.63 bits per heavy atom. The number of piperidine rings is 1. The molecule has 1 aromatic heterocycles. The molecule has 0 aromatic carbocycles. The Labute approximate surface area is 117 Å². The van der Waals surface area contributed by atoms with Crippen molar-refractivity contribution in [1.29, 1.82) is 0 Å². The van der Waals surface area contributed by atoms with E-state index < -0.39 is 5.38 Å². The van der Waals surface area contributed by atoms with Crippen LogP contribution in [0, 0.1) is 6.92 Å². The van der Waals surface area contributed by atoms with Crippen molar-refractivity contribution in [2.75, 3.05) is 13.1 Å². The highest BCUT2D eigenvalue weighted by atomic mass is 35.5. The first-order valence-electron chi connectivity index (χ1n) is 6.46. The second kappa shape index (κ2) is 6.19. The average Bonchev–Trinajstić information content (AvgIpc) is 2.41. The summed E-state index contributed by atoms with van der Waals surface area (Å²) in [5.74, 6) is 0.538. The number of aromatic nitrogens is 2. The molecule has 0 N–H and O–H groups in total. The predicted molar refractivity (Wildman–Crippen MR) is 72.3 cm³/mol. The van der Waals surface area contributed by atoms with E-state index in [1.807, 2.05) is 19.1 Å². The van der Waals surface area contributed by atoms with Crippen LogP contribution in [0.15, 0.2) is 12.1 Å². The molecular weight excluding hydrogens is 266 g/mol. The lowest BCUT2D eigenvalue weighted by Gasteiger charge is -2.32. The second-order valence-corrected chi connectivity index (χ2v) is 5.43. The second-order valence-electron chi connectivity index (χ2n) is 4.77. The zero-order valence-corrected chi connectivity index (χ0v) is 11.9. The molecule has 1 aliphatic rings. The Kier molecular flexibility index (Phi) is 4.58. The van der Waals surface area contributed by atoms with Crippen LogP contribution in [0.25, 0.3) is 0 Å². The zero-order valence-electron chi connectivity index (χ0n) is 11.2. The van der Waals surface area contributed by atoms with Gasteiger partial charge in [0.25, 0.3) is 0 Å². The average molecular weight is 284 g/mol. The van der Waals surface area contributed by atoms with Crippen LogP contribution in [-0.4, -0.2) is 45.6 Å². The van der Waals surface area contributed by atoms with Gasteiger partial charge in [-0.1, -0.05) is 0 Å². The summed E-state index contributed by atoms with van der Waals surface area (Å²) >= 11 is 5.80. The number of hydrogen-bond donors (Lipinski definition) is 0. The third kappa shape index (κ3) is 3.80. The summed E-state index contributed by atoms with van der Waals surface area (Å²) < 4.78 is 5.75. The molecule has 0 spiro atoms. The molecule has 1 unspecified atom stereocenters. The Bertz CT molecular complexity index is 428. The van der Waals surface area contributed by atoms with Crippen LogP contribution in [0.2, 0.25) is 0 Å². The van der Waals surface area contributed by atoms with Gasteiger partial charge in [0, 0.05) is 32.0 Å². The molecule has 0 saturated carbocycles. The van der Waals surface area contributed by atoms with Gasteiger partial charge in [-0.05, 0) is 19.9 Å². The minimum atomic E-state index is -0.458. The molecule has 0 radical (unpaired) electrons. The standard InChI is InChI=1S/C13H18ClN3O2/c1-9-3-4-12(16-15-9)19-11-5-7-17(8-6-11)13(18)10(2)14/h3-4,10-11H,5-8H2,1-2H3. The molecule has 0 bridgehead atoms. The molecule has 1 atom stereocenters. The highest BCUT2D eigenvalue weighted by Crippen LogP contribution is 2.18.